The van der Waals surface area contributed by atoms with Crippen LogP contribution in [0.25, 0.3) is 0 Å². The van der Waals surface area contributed by atoms with Gasteiger partial charge in [-0.1, -0.05) is 12.1 Å². The van der Waals surface area contributed by atoms with Crippen LogP contribution in [0.15, 0.2) is 41.6 Å². The van der Waals surface area contributed by atoms with Gasteiger partial charge in [-0.05, 0) is 37.0 Å². The Bertz CT molecular complexity index is 878. The van der Waals surface area contributed by atoms with Gasteiger partial charge in [-0.25, -0.2) is 18.5 Å². The second-order valence-corrected chi connectivity index (χ2v) is 7.72. The van der Waals surface area contributed by atoms with E-state index in [1.54, 1.807) is 23.2 Å². The molecule has 0 bridgehead atoms. The van der Waals surface area contributed by atoms with Crippen LogP contribution in [-0.2, 0) is 16.4 Å². The molecule has 3 rings (SSSR count). The molecule has 0 aliphatic carbocycles. The summed E-state index contributed by atoms with van der Waals surface area (Å²) in [6, 6.07) is 6.42. The highest BCUT2D eigenvalue weighted by molar-refractivity contribution is 7.89. The standard InChI is InChI=1S/C17H21N5O3S/c18-26(24,25)14-5-3-13(4-6-14)7-8-20-16-12-19-11-15(21-16)17(23)22-9-1-2-10-22/h3-6,11-12H,1-2,7-10H2,(H,20,21)(H2,18,24,25). The number of nitrogens with two attached hydrogens (primary N) is 1. The molecular weight excluding hydrogens is 354 g/mol. The van der Waals surface area contributed by atoms with Crippen LogP contribution in [0, 0.1) is 0 Å². The van der Waals surface area contributed by atoms with Gasteiger partial charge < -0.3 is 10.2 Å². The van der Waals surface area contributed by atoms with E-state index in [0.29, 0.717) is 24.5 Å². The van der Waals surface area contributed by atoms with Crippen LogP contribution < -0.4 is 10.5 Å². The molecule has 26 heavy (non-hydrogen) atoms. The van der Waals surface area contributed by atoms with Gasteiger partial charge in [0.15, 0.2) is 0 Å². The maximum atomic E-state index is 12.3. The highest BCUT2D eigenvalue weighted by Crippen LogP contribution is 2.13. The topological polar surface area (TPSA) is 118 Å². The molecule has 0 saturated carbocycles. The van der Waals surface area contributed by atoms with Crippen LogP contribution in [-0.4, -0.2) is 48.8 Å². The fourth-order valence-corrected chi connectivity index (χ4v) is 3.33. The molecule has 138 valence electrons. The predicted molar refractivity (Wildman–Crippen MR) is 97.2 cm³/mol. The first kappa shape index (κ1) is 18.3. The number of anilines is 1. The molecule has 2 aromatic rings. The van der Waals surface area contributed by atoms with E-state index in [4.69, 9.17) is 5.14 Å². The third-order valence-electron chi connectivity index (χ3n) is 4.22. The first-order chi connectivity index (χ1) is 12.4. The molecule has 1 amide bonds. The van der Waals surface area contributed by atoms with Gasteiger partial charge in [0.1, 0.15) is 11.5 Å². The highest BCUT2D eigenvalue weighted by Gasteiger charge is 2.21. The highest BCUT2D eigenvalue weighted by atomic mass is 32.2. The fraction of sp³-hybridized carbons (Fsp3) is 0.353. The van der Waals surface area contributed by atoms with Crippen LogP contribution >= 0.6 is 0 Å². The first-order valence-corrected chi connectivity index (χ1v) is 9.95. The molecule has 3 N–H and O–H groups in total. The molecule has 1 aromatic carbocycles. The maximum absolute atomic E-state index is 12.3. The van der Waals surface area contributed by atoms with E-state index in [-0.39, 0.29) is 10.8 Å². The summed E-state index contributed by atoms with van der Waals surface area (Å²) in [6.07, 6.45) is 5.78. The second kappa shape index (κ2) is 7.79. The Morgan fingerprint density at radius 2 is 1.85 bits per heavy atom. The van der Waals surface area contributed by atoms with Crippen molar-refractivity contribution in [2.45, 2.75) is 24.2 Å². The van der Waals surface area contributed by atoms with Gasteiger partial charge in [-0.3, -0.25) is 9.78 Å². The quantitative estimate of drug-likeness (QED) is 0.778. The number of nitrogens with zero attached hydrogens (tertiary/aromatic N) is 3. The zero-order valence-corrected chi connectivity index (χ0v) is 15.1. The first-order valence-electron chi connectivity index (χ1n) is 8.40. The van der Waals surface area contributed by atoms with E-state index >= 15 is 0 Å². The van der Waals surface area contributed by atoms with Crippen molar-refractivity contribution in [1.29, 1.82) is 0 Å². The van der Waals surface area contributed by atoms with E-state index in [2.05, 4.69) is 15.3 Å². The van der Waals surface area contributed by atoms with Gasteiger partial charge in [0, 0.05) is 19.6 Å². The van der Waals surface area contributed by atoms with Gasteiger partial charge >= 0.3 is 0 Å². The minimum Gasteiger partial charge on any atom is -0.368 e. The normalized spacial score (nSPS) is 14.4. The van der Waals surface area contributed by atoms with Crippen LogP contribution in [0.5, 0.6) is 0 Å². The third-order valence-corrected chi connectivity index (χ3v) is 5.15. The average molecular weight is 375 g/mol. The number of primary sulfonamides is 1. The molecule has 0 radical (unpaired) electrons. The summed E-state index contributed by atoms with van der Waals surface area (Å²) < 4.78 is 22.5. The molecule has 0 unspecified atom stereocenters. The average Bonchev–Trinajstić information content (AvgIpc) is 3.16. The Hall–Kier alpha value is -2.52. The van der Waals surface area contributed by atoms with Crippen LogP contribution in [0.2, 0.25) is 0 Å². The summed E-state index contributed by atoms with van der Waals surface area (Å²) >= 11 is 0. The van der Waals surface area contributed by atoms with Crippen molar-refractivity contribution < 1.29 is 13.2 Å². The van der Waals surface area contributed by atoms with Gasteiger partial charge in [0.2, 0.25) is 10.0 Å². The number of hydrogen-bond acceptors (Lipinski definition) is 6. The number of nitrogens with one attached hydrogen (secondary N) is 1. The molecular formula is C17H21N5O3S. The number of likely N-dealkylation sites (tertiary alicyclic amines) is 1. The van der Waals surface area contributed by atoms with Gasteiger partial charge in [-0.15, -0.1) is 0 Å². The zero-order chi connectivity index (χ0) is 18.6. The van der Waals surface area contributed by atoms with Crippen LogP contribution in [0.1, 0.15) is 28.9 Å². The van der Waals surface area contributed by atoms with Crippen LogP contribution in [0.3, 0.4) is 0 Å². The van der Waals surface area contributed by atoms with E-state index in [1.807, 2.05) is 0 Å². The SMILES string of the molecule is NS(=O)(=O)c1ccc(CCNc2cncc(C(=O)N3CCCC3)n2)cc1. The minimum absolute atomic E-state index is 0.0859. The number of rotatable bonds is 6. The van der Waals surface area contributed by atoms with E-state index in [9.17, 15) is 13.2 Å². The summed E-state index contributed by atoms with van der Waals surface area (Å²) in [5.41, 5.74) is 1.30. The van der Waals surface area contributed by atoms with Crippen molar-refractivity contribution in [3.63, 3.8) is 0 Å². The van der Waals surface area contributed by atoms with E-state index in [1.165, 1.54) is 18.3 Å². The van der Waals surface area contributed by atoms with Crippen molar-refractivity contribution in [2.75, 3.05) is 25.0 Å². The van der Waals surface area contributed by atoms with Crippen molar-refractivity contribution >= 4 is 21.7 Å². The van der Waals surface area contributed by atoms with Crippen LogP contribution in [0.4, 0.5) is 5.82 Å². The minimum atomic E-state index is -3.67. The monoisotopic (exact) mass is 375 g/mol. The second-order valence-electron chi connectivity index (χ2n) is 6.15. The molecule has 0 spiro atoms. The lowest BCUT2D eigenvalue weighted by Gasteiger charge is -2.14. The van der Waals surface area contributed by atoms with E-state index in [0.717, 1.165) is 31.5 Å². The van der Waals surface area contributed by atoms with Gasteiger partial charge in [0.25, 0.3) is 5.91 Å². The molecule has 8 nitrogen and oxygen atoms in total. The number of amides is 1. The molecule has 1 saturated heterocycles. The van der Waals surface area contributed by atoms with Gasteiger partial charge in [-0.2, -0.15) is 0 Å². The summed E-state index contributed by atoms with van der Waals surface area (Å²) in [6.45, 7) is 2.12. The largest absolute Gasteiger partial charge is 0.368 e. The lowest BCUT2D eigenvalue weighted by molar-refractivity contribution is 0.0786. The van der Waals surface area contributed by atoms with Crippen molar-refractivity contribution in [2.24, 2.45) is 5.14 Å². The summed E-state index contributed by atoms with van der Waals surface area (Å²) in [5, 5.41) is 8.22. The van der Waals surface area contributed by atoms with Crippen molar-refractivity contribution in [3.8, 4) is 0 Å². The molecule has 2 heterocycles. The Morgan fingerprint density at radius 1 is 1.15 bits per heavy atom. The summed E-state index contributed by atoms with van der Waals surface area (Å²) in [5.74, 6) is 0.452. The van der Waals surface area contributed by atoms with Crippen molar-refractivity contribution in [3.05, 3.63) is 47.9 Å². The Balaban J connectivity index is 1.56. The van der Waals surface area contributed by atoms with Crippen molar-refractivity contribution in [1.82, 2.24) is 14.9 Å². The summed E-state index contributed by atoms with van der Waals surface area (Å²) in [7, 11) is -3.67. The molecule has 9 heteroatoms. The molecule has 0 atom stereocenters. The number of benzene rings is 1. The number of hydrogen-bond donors (Lipinski definition) is 2. The molecule has 1 fully saturated rings. The lowest BCUT2D eigenvalue weighted by atomic mass is 10.1. The van der Waals surface area contributed by atoms with E-state index < -0.39 is 10.0 Å². The Labute approximate surface area is 152 Å². The maximum Gasteiger partial charge on any atom is 0.274 e. The smallest absolute Gasteiger partial charge is 0.274 e. The third kappa shape index (κ3) is 4.55. The predicted octanol–water partition coefficient (Wildman–Crippen LogP) is 1.01. The number of aromatic nitrogens is 2. The van der Waals surface area contributed by atoms with Gasteiger partial charge in [0.05, 0.1) is 17.3 Å². The summed E-state index contributed by atoms with van der Waals surface area (Å²) in [4.78, 5) is 22.6. The number of carbonyl (C=O) groups is 1. The zero-order valence-electron chi connectivity index (χ0n) is 14.3. The number of sulfonamides is 1. The fourth-order valence-electron chi connectivity index (χ4n) is 2.82. The Morgan fingerprint density at radius 3 is 2.50 bits per heavy atom. The number of carbonyl (C=O) groups excluding carboxylic acids is 1. The molecule has 1 aromatic heterocycles. The molecule has 1 aliphatic rings. The lowest BCUT2D eigenvalue weighted by Crippen LogP contribution is -2.28. The Kier molecular flexibility index (Phi) is 5.48. The molecule has 1 aliphatic heterocycles.